The lowest BCUT2D eigenvalue weighted by atomic mass is 9.72. The van der Waals surface area contributed by atoms with Crippen molar-refractivity contribution >= 4 is 25.4 Å². The summed E-state index contributed by atoms with van der Waals surface area (Å²) < 4.78 is 0. The van der Waals surface area contributed by atoms with E-state index in [1.807, 2.05) is 13.8 Å². The Hall–Kier alpha value is -4.11. The molecule has 0 fully saturated rings. The highest BCUT2D eigenvalue weighted by Gasteiger charge is 2.30. The Morgan fingerprint density at radius 1 is 0.725 bits per heavy atom. The van der Waals surface area contributed by atoms with Gasteiger partial charge in [-0.25, -0.2) is 0 Å². The number of nitrogens with zero attached hydrogens (tertiary/aromatic N) is 1. The van der Waals surface area contributed by atoms with Gasteiger partial charge < -0.3 is 10.1 Å². The molecule has 1 aliphatic heterocycles. The molecular weight excluding hydrogens is 483 g/mol. The molecule has 0 aromatic heterocycles. The van der Waals surface area contributed by atoms with Crippen molar-refractivity contribution in [1.82, 2.24) is 5.23 Å². The molecule has 1 atom stereocenters. The van der Waals surface area contributed by atoms with E-state index in [2.05, 4.69) is 131 Å². The predicted octanol–water partition coefficient (Wildman–Crippen LogP) is 8.88. The van der Waals surface area contributed by atoms with Crippen LogP contribution in [0, 0.1) is 47.5 Å². The molecule has 0 saturated carbocycles. The monoisotopic (exact) mass is 519 g/mol. The number of hydrogen-bond acceptors (Lipinski definition) is 2. The molecule has 3 aromatic rings. The minimum absolute atomic E-state index is 0.275. The van der Waals surface area contributed by atoms with Gasteiger partial charge in [0.15, 0.2) is 0 Å². The number of rotatable bonds is 2. The van der Waals surface area contributed by atoms with Crippen LogP contribution in [-0.4, -0.2) is 13.8 Å². The minimum atomic E-state index is 0.275. The first-order valence-electron chi connectivity index (χ1n) is 14.2. The van der Waals surface area contributed by atoms with E-state index in [0.717, 1.165) is 12.1 Å². The Bertz CT molecular complexity index is 1680. The summed E-state index contributed by atoms with van der Waals surface area (Å²) in [5.74, 6) is 0.275. The minimum Gasteiger partial charge on any atom is -0.411 e. The fourth-order valence-corrected chi connectivity index (χ4v) is 7.02. The van der Waals surface area contributed by atoms with Gasteiger partial charge in [0.25, 0.3) is 0 Å². The molecule has 6 rings (SSSR count). The fourth-order valence-electron chi connectivity index (χ4n) is 7.02. The van der Waals surface area contributed by atoms with Crippen molar-refractivity contribution in [2.45, 2.75) is 48.0 Å². The van der Waals surface area contributed by atoms with E-state index in [1.54, 1.807) is 0 Å². The quantitative estimate of drug-likeness (QED) is 0.336. The molecule has 3 heteroatoms. The molecule has 1 radical (unpaired) electrons. The average Bonchev–Trinajstić information content (AvgIpc) is 2.89. The molecule has 0 amide bonds. The van der Waals surface area contributed by atoms with Crippen LogP contribution in [0.5, 0.6) is 0 Å². The second kappa shape index (κ2) is 10.5. The van der Waals surface area contributed by atoms with E-state index >= 15 is 0 Å². The van der Waals surface area contributed by atoms with Gasteiger partial charge in [-0.05, 0) is 127 Å². The molecule has 1 unspecified atom stereocenters. The Morgan fingerprint density at radius 3 is 2.05 bits per heavy atom. The lowest BCUT2D eigenvalue weighted by Gasteiger charge is -2.32. The molecule has 0 saturated heterocycles. The Balaban J connectivity index is 1.82. The Morgan fingerprint density at radius 2 is 1.38 bits per heavy atom. The summed E-state index contributed by atoms with van der Waals surface area (Å²) in [6, 6.07) is 14.0. The van der Waals surface area contributed by atoms with E-state index < -0.39 is 0 Å². The third kappa shape index (κ3) is 4.54. The molecular formula is C37H36BN2. The molecule has 2 nitrogen and oxygen atoms in total. The number of allylic oxidation sites excluding steroid dienone is 8. The molecule has 2 aliphatic carbocycles. The van der Waals surface area contributed by atoms with Crippen LogP contribution in [0.2, 0.25) is 0 Å². The molecule has 2 bridgehead atoms. The first-order chi connectivity index (χ1) is 19.3. The lowest BCUT2D eigenvalue weighted by Crippen LogP contribution is -2.23. The van der Waals surface area contributed by atoms with Gasteiger partial charge in [0.1, 0.15) is 0 Å². The molecule has 1 N–H and O–H groups in total. The van der Waals surface area contributed by atoms with Gasteiger partial charge in [0.05, 0.1) is 0 Å². The van der Waals surface area contributed by atoms with Crippen molar-refractivity contribution in [3.05, 3.63) is 129 Å². The third-order valence-electron chi connectivity index (χ3n) is 8.40. The van der Waals surface area contributed by atoms with Crippen LogP contribution < -0.4 is 5.23 Å². The van der Waals surface area contributed by atoms with Crippen molar-refractivity contribution in [2.75, 3.05) is 0 Å². The van der Waals surface area contributed by atoms with Crippen molar-refractivity contribution in [3.63, 3.8) is 0 Å². The molecule has 197 valence electrons. The van der Waals surface area contributed by atoms with Crippen LogP contribution in [0.25, 0.3) is 33.9 Å². The van der Waals surface area contributed by atoms with Crippen LogP contribution in [0.1, 0.15) is 50.9 Å². The summed E-state index contributed by atoms with van der Waals surface area (Å²) in [7, 11) is 1.81. The zero-order valence-electron chi connectivity index (χ0n) is 24.4. The van der Waals surface area contributed by atoms with Gasteiger partial charge in [-0.15, -0.1) is 0 Å². The predicted molar refractivity (Wildman–Crippen MR) is 174 cm³/mol. The number of aryl methyl sites for hydroxylation is 6. The summed E-state index contributed by atoms with van der Waals surface area (Å²) in [5, 5.41) is 3.55. The van der Waals surface area contributed by atoms with Crippen molar-refractivity contribution < 1.29 is 0 Å². The highest BCUT2D eigenvalue weighted by atomic mass is 14.9. The maximum absolute atomic E-state index is 4.54. The van der Waals surface area contributed by atoms with Crippen molar-refractivity contribution in [1.29, 1.82) is 0 Å². The maximum atomic E-state index is 4.54. The number of nitrogens with one attached hydrogen (secondary N) is 1. The maximum Gasteiger partial charge on any atom is 0.408 e. The summed E-state index contributed by atoms with van der Waals surface area (Å²) in [6.45, 7) is 13.4. The van der Waals surface area contributed by atoms with E-state index in [9.17, 15) is 0 Å². The Kier molecular flexibility index (Phi) is 6.84. The SMILES string of the molecule is Cc1cc(C)c(-c2c3ccc(c2-c2c(C)cc(C)cc2C)C2=C(C=CC4=CC=CCC42)N[B]N=CC=C3)c(C)c1. The summed E-state index contributed by atoms with van der Waals surface area (Å²) in [5.41, 5.74) is 19.4. The van der Waals surface area contributed by atoms with Gasteiger partial charge in [0, 0.05) is 17.8 Å². The lowest BCUT2D eigenvalue weighted by molar-refractivity contribution is 0.790. The van der Waals surface area contributed by atoms with Gasteiger partial charge in [-0.1, -0.05) is 77.9 Å². The average molecular weight is 520 g/mol. The fraction of sp³-hybridized carbons (Fsp3) is 0.216. The number of benzene rings is 3. The second-order valence-corrected chi connectivity index (χ2v) is 11.5. The normalized spacial score (nSPS) is 17.4. The zero-order chi connectivity index (χ0) is 28.0. The number of fused-ring (bicyclic) bond motifs is 6. The van der Waals surface area contributed by atoms with Crippen LogP contribution in [0.15, 0.2) is 89.0 Å². The summed E-state index contributed by atoms with van der Waals surface area (Å²) in [6.07, 6.45) is 18.3. The summed E-state index contributed by atoms with van der Waals surface area (Å²) >= 11 is 0. The van der Waals surface area contributed by atoms with Crippen LogP contribution in [0.3, 0.4) is 0 Å². The highest BCUT2D eigenvalue weighted by Crippen LogP contribution is 2.50. The highest BCUT2D eigenvalue weighted by molar-refractivity contribution is 6.33. The smallest absolute Gasteiger partial charge is 0.408 e. The van der Waals surface area contributed by atoms with Crippen LogP contribution in [0.4, 0.5) is 0 Å². The second-order valence-electron chi connectivity index (χ2n) is 11.5. The zero-order valence-corrected chi connectivity index (χ0v) is 24.4. The van der Waals surface area contributed by atoms with E-state index in [0.29, 0.717) is 0 Å². The molecule has 1 heterocycles. The third-order valence-corrected chi connectivity index (χ3v) is 8.40. The van der Waals surface area contributed by atoms with E-state index in [4.69, 9.17) is 0 Å². The first kappa shape index (κ1) is 26.1. The van der Waals surface area contributed by atoms with Crippen LogP contribution in [-0.2, 0) is 0 Å². The number of hydrogen-bond donors (Lipinski definition) is 1. The standard InChI is InChI=1S/C37H36BN2/c1-22-18-24(3)33(25(4)19-22)35-29-11-9-17-39-38-40-32-16-14-28-10-7-8-12-30(28)36(32)31(15-13-29)37(35)34-26(5)20-23(2)21-27(34)6/h7-11,13-21,30,40H,12H2,1-6H3. The molecule has 3 aliphatic rings. The molecule has 0 spiro atoms. The van der Waals surface area contributed by atoms with E-state index in [-0.39, 0.29) is 5.92 Å². The molecule has 3 aromatic carbocycles. The van der Waals surface area contributed by atoms with Gasteiger partial charge in [-0.3, -0.25) is 0 Å². The van der Waals surface area contributed by atoms with Gasteiger partial charge in [0.2, 0.25) is 0 Å². The van der Waals surface area contributed by atoms with Crippen molar-refractivity contribution in [3.8, 4) is 22.3 Å². The first-order valence-corrected chi connectivity index (χ1v) is 14.2. The van der Waals surface area contributed by atoms with Crippen molar-refractivity contribution in [2.24, 2.45) is 10.8 Å². The van der Waals surface area contributed by atoms with Gasteiger partial charge in [-0.2, -0.15) is 0 Å². The van der Waals surface area contributed by atoms with E-state index in [1.165, 1.54) is 77.9 Å². The Labute approximate surface area is 239 Å². The summed E-state index contributed by atoms with van der Waals surface area (Å²) in [4.78, 5) is 4.54. The largest absolute Gasteiger partial charge is 0.411 e. The van der Waals surface area contributed by atoms with Gasteiger partial charge >= 0.3 is 7.55 Å². The topological polar surface area (TPSA) is 24.4 Å². The van der Waals surface area contributed by atoms with Crippen LogP contribution >= 0.6 is 0 Å². The molecule has 40 heavy (non-hydrogen) atoms.